The van der Waals surface area contributed by atoms with E-state index in [0.29, 0.717) is 5.52 Å². The van der Waals surface area contributed by atoms with Crippen molar-refractivity contribution in [3.8, 4) is 11.3 Å². The number of carbonyl (C=O) groups is 1. The number of alkyl halides is 3. The molecule has 3 rings (SSSR count). The molecular formula is C14H10F3N3O2. The molecule has 114 valence electrons. The molecule has 8 heteroatoms. The Morgan fingerprint density at radius 2 is 2.09 bits per heavy atom. The van der Waals surface area contributed by atoms with Gasteiger partial charge < -0.3 is 9.67 Å². The van der Waals surface area contributed by atoms with Crippen LogP contribution in [-0.4, -0.2) is 25.8 Å². The number of nitrogens with zero attached hydrogens (tertiary/aromatic N) is 2. The Labute approximate surface area is 122 Å². The molecule has 2 N–H and O–H groups in total. The number of rotatable bonds is 2. The van der Waals surface area contributed by atoms with Crippen LogP contribution >= 0.6 is 0 Å². The second-order valence-corrected chi connectivity index (χ2v) is 4.81. The Bertz CT molecular complexity index is 877. The molecule has 0 fully saturated rings. The summed E-state index contributed by atoms with van der Waals surface area (Å²) in [5.41, 5.74) is -0.429. The van der Waals surface area contributed by atoms with Crippen LogP contribution in [0.25, 0.3) is 22.2 Å². The average Bonchev–Trinajstić information content (AvgIpc) is 3.02. The number of aromatic nitrogens is 3. The van der Waals surface area contributed by atoms with Gasteiger partial charge in [0.1, 0.15) is 5.56 Å². The molecule has 0 aliphatic carbocycles. The lowest BCUT2D eigenvalue weighted by atomic mass is 10.0. The number of hydrogen-bond donors (Lipinski definition) is 2. The Morgan fingerprint density at radius 3 is 2.73 bits per heavy atom. The summed E-state index contributed by atoms with van der Waals surface area (Å²) < 4.78 is 41.3. The number of aromatic amines is 1. The zero-order valence-electron chi connectivity index (χ0n) is 11.3. The number of aryl methyl sites for hydroxylation is 1. The molecule has 0 atom stereocenters. The van der Waals surface area contributed by atoms with E-state index in [1.807, 2.05) is 0 Å². The average molecular weight is 309 g/mol. The maximum atomic E-state index is 13.3. The topological polar surface area (TPSA) is 70.9 Å². The van der Waals surface area contributed by atoms with Crippen LogP contribution < -0.4 is 0 Å². The highest BCUT2D eigenvalue weighted by Crippen LogP contribution is 2.40. The molecule has 0 saturated heterocycles. The van der Waals surface area contributed by atoms with E-state index in [9.17, 15) is 18.0 Å². The molecule has 0 saturated carbocycles. The number of carboxylic acid groups (broad SMARTS) is 1. The van der Waals surface area contributed by atoms with Gasteiger partial charge in [-0.15, -0.1) is 0 Å². The van der Waals surface area contributed by atoms with Gasteiger partial charge in [-0.3, -0.25) is 5.10 Å². The molecular weight excluding hydrogens is 299 g/mol. The molecule has 0 bridgehead atoms. The highest BCUT2D eigenvalue weighted by Gasteiger charge is 2.34. The van der Waals surface area contributed by atoms with Gasteiger partial charge in [0.25, 0.3) is 0 Å². The van der Waals surface area contributed by atoms with Gasteiger partial charge in [0.15, 0.2) is 0 Å². The largest absolute Gasteiger partial charge is 0.478 e. The van der Waals surface area contributed by atoms with E-state index in [1.54, 1.807) is 13.1 Å². The fraction of sp³-hybridized carbons (Fsp3) is 0.143. The van der Waals surface area contributed by atoms with Crippen molar-refractivity contribution in [2.45, 2.75) is 6.18 Å². The summed E-state index contributed by atoms with van der Waals surface area (Å²) >= 11 is 0. The highest BCUT2D eigenvalue weighted by molar-refractivity contribution is 6.03. The van der Waals surface area contributed by atoms with Crippen LogP contribution in [0, 0.1) is 0 Å². The summed E-state index contributed by atoms with van der Waals surface area (Å²) in [5, 5.41) is 15.2. The Hall–Kier alpha value is -2.77. The van der Waals surface area contributed by atoms with Gasteiger partial charge in [-0.25, -0.2) is 4.79 Å². The summed E-state index contributed by atoms with van der Waals surface area (Å²) in [4.78, 5) is 11.2. The number of benzene rings is 1. The van der Waals surface area contributed by atoms with E-state index in [0.717, 1.165) is 12.3 Å². The normalized spacial score (nSPS) is 12.0. The second kappa shape index (κ2) is 4.62. The van der Waals surface area contributed by atoms with E-state index < -0.39 is 17.7 Å². The summed E-state index contributed by atoms with van der Waals surface area (Å²) in [5.74, 6) is -1.26. The number of nitrogens with one attached hydrogen (secondary N) is 1. The predicted molar refractivity (Wildman–Crippen MR) is 72.5 cm³/mol. The zero-order chi connectivity index (χ0) is 16.1. The molecule has 0 spiro atoms. The molecule has 0 unspecified atom stereocenters. The third-order valence-corrected chi connectivity index (χ3v) is 3.46. The first-order valence-electron chi connectivity index (χ1n) is 6.23. The minimum atomic E-state index is -4.54. The van der Waals surface area contributed by atoms with Gasteiger partial charge >= 0.3 is 12.1 Å². The summed E-state index contributed by atoms with van der Waals surface area (Å²) in [6, 6.07) is 3.84. The van der Waals surface area contributed by atoms with Crippen LogP contribution in [-0.2, 0) is 13.2 Å². The van der Waals surface area contributed by atoms with E-state index >= 15 is 0 Å². The molecule has 0 radical (unpaired) electrons. The van der Waals surface area contributed by atoms with Crippen molar-refractivity contribution < 1.29 is 23.1 Å². The summed E-state index contributed by atoms with van der Waals surface area (Å²) in [7, 11) is 1.60. The van der Waals surface area contributed by atoms with E-state index in [1.165, 1.54) is 16.8 Å². The lowest BCUT2D eigenvalue weighted by molar-refractivity contribution is -0.136. The molecule has 2 heterocycles. The maximum absolute atomic E-state index is 13.3. The maximum Gasteiger partial charge on any atom is 0.417 e. The molecule has 0 amide bonds. The molecule has 22 heavy (non-hydrogen) atoms. The van der Waals surface area contributed by atoms with Crippen LogP contribution in [0.1, 0.15) is 15.9 Å². The third kappa shape index (κ3) is 2.03. The van der Waals surface area contributed by atoms with Crippen LogP contribution in [0.3, 0.4) is 0 Å². The number of carboxylic acids is 1. The lowest BCUT2D eigenvalue weighted by Gasteiger charge is -2.10. The molecule has 3 aromatic rings. The van der Waals surface area contributed by atoms with Crippen molar-refractivity contribution in [1.82, 2.24) is 14.8 Å². The number of fused-ring (bicyclic) bond motifs is 1. The van der Waals surface area contributed by atoms with Crippen molar-refractivity contribution in [3.05, 3.63) is 41.7 Å². The van der Waals surface area contributed by atoms with Crippen LogP contribution in [0.5, 0.6) is 0 Å². The summed E-state index contributed by atoms with van der Waals surface area (Å²) in [6.07, 6.45) is -2.01. The number of aromatic carboxylic acids is 1. The number of H-pyrrole nitrogens is 1. The molecule has 0 aliphatic rings. The Balaban J connectivity index is 2.40. The van der Waals surface area contributed by atoms with Crippen LogP contribution in [0.15, 0.2) is 30.6 Å². The van der Waals surface area contributed by atoms with Gasteiger partial charge in [-0.1, -0.05) is 6.07 Å². The molecule has 0 aliphatic heterocycles. The van der Waals surface area contributed by atoms with Gasteiger partial charge in [0, 0.05) is 29.7 Å². The van der Waals surface area contributed by atoms with Crippen LogP contribution in [0.4, 0.5) is 13.2 Å². The smallest absolute Gasteiger partial charge is 0.417 e. The van der Waals surface area contributed by atoms with Crippen molar-refractivity contribution in [2.24, 2.45) is 7.05 Å². The Morgan fingerprint density at radius 1 is 1.36 bits per heavy atom. The van der Waals surface area contributed by atoms with Crippen molar-refractivity contribution in [3.63, 3.8) is 0 Å². The quantitative estimate of drug-likeness (QED) is 0.763. The minimum Gasteiger partial charge on any atom is -0.478 e. The van der Waals surface area contributed by atoms with E-state index in [2.05, 4.69) is 10.2 Å². The number of halogens is 3. The zero-order valence-corrected chi connectivity index (χ0v) is 11.3. The highest BCUT2D eigenvalue weighted by atomic mass is 19.4. The Kier molecular flexibility index (Phi) is 2.98. The molecule has 5 nitrogen and oxygen atoms in total. The third-order valence-electron chi connectivity index (χ3n) is 3.46. The predicted octanol–water partition coefficient (Wildman–Crippen LogP) is 3.29. The first-order chi connectivity index (χ1) is 10.3. The fourth-order valence-corrected chi connectivity index (χ4v) is 2.52. The standard InChI is InChI=1S/C14H10F3N3O2/c1-20-6-8(12-7(13(21)22)5-18-19-12)11-9(14(15,16)17)3-2-4-10(11)20/h2-6H,1H3,(H,18,19)(H,21,22). The van der Waals surface area contributed by atoms with Crippen molar-refractivity contribution >= 4 is 16.9 Å². The van der Waals surface area contributed by atoms with E-state index in [-0.39, 0.29) is 22.2 Å². The minimum absolute atomic E-state index is 0.0507. The van der Waals surface area contributed by atoms with Crippen molar-refractivity contribution in [1.29, 1.82) is 0 Å². The molecule has 1 aromatic carbocycles. The first-order valence-corrected chi connectivity index (χ1v) is 6.23. The van der Waals surface area contributed by atoms with Gasteiger partial charge in [0.05, 0.1) is 17.5 Å². The fourth-order valence-electron chi connectivity index (χ4n) is 2.52. The lowest BCUT2D eigenvalue weighted by Crippen LogP contribution is -2.06. The van der Waals surface area contributed by atoms with Gasteiger partial charge in [-0.05, 0) is 12.1 Å². The SMILES string of the molecule is Cn1cc(-c2[nH]ncc2C(=O)O)c2c(C(F)(F)F)cccc21. The van der Waals surface area contributed by atoms with Crippen LogP contribution in [0.2, 0.25) is 0 Å². The number of hydrogen-bond acceptors (Lipinski definition) is 2. The monoisotopic (exact) mass is 309 g/mol. The summed E-state index contributed by atoms with van der Waals surface area (Å²) in [6.45, 7) is 0. The van der Waals surface area contributed by atoms with Crippen molar-refractivity contribution in [2.75, 3.05) is 0 Å². The van der Waals surface area contributed by atoms with E-state index in [4.69, 9.17) is 5.11 Å². The first kappa shape index (κ1) is 14.2. The van der Waals surface area contributed by atoms with Gasteiger partial charge in [-0.2, -0.15) is 18.3 Å². The second-order valence-electron chi connectivity index (χ2n) is 4.81. The molecule has 2 aromatic heterocycles. The van der Waals surface area contributed by atoms with Gasteiger partial charge in [0.2, 0.25) is 0 Å².